The second kappa shape index (κ2) is 9.68. The molecule has 1 aliphatic rings. The van der Waals surface area contributed by atoms with Crippen LogP contribution < -0.4 is 10.6 Å². The van der Waals surface area contributed by atoms with E-state index >= 15 is 0 Å². The number of esters is 2. The molecule has 0 unspecified atom stereocenters. The van der Waals surface area contributed by atoms with Gasteiger partial charge in [-0.1, -0.05) is 12.1 Å². The third-order valence-corrected chi connectivity index (χ3v) is 4.34. The van der Waals surface area contributed by atoms with Crippen molar-refractivity contribution in [1.82, 2.24) is 10.6 Å². The van der Waals surface area contributed by atoms with Crippen LogP contribution in [0.5, 0.6) is 0 Å². The molecule has 2 N–H and O–H groups in total. The number of nitrogens with one attached hydrogen (secondary N) is 2. The molecule has 150 valence electrons. The molecule has 8 heteroatoms. The molecule has 0 spiro atoms. The Morgan fingerprint density at radius 1 is 1.07 bits per heavy atom. The monoisotopic (exact) mass is 388 g/mol. The first-order chi connectivity index (χ1) is 13.3. The fourth-order valence-corrected chi connectivity index (χ4v) is 2.57. The average Bonchev–Trinajstić information content (AvgIpc) is 2.66. The minimum atomic E-state index is -0.597. The number of amides is 2. The van der Waals surface area contributed by atoms with E-state index in [1.165, 1.54) is 0 Å². The third-order valence-electron chi connectivity index (χ3n) is 4.34. The van der Waals surface area contributed by atoms with Gasteiger partial charge in [0, 0.05) is 12.0 Å². The molecule has 1 aromatic carbocycles. The summed E-state index contributed by atoms with van der Waals surface area (Å²) >= 11 is 0. The highest BCUT2D eigenvalue weighted by molar-refractivity contribution is 5.98. The zero-order valence-electron chi connectivity index (χ0n) is 16.2. The molecule has 0 bridgehead atoms. The molecule has 2 rings (SSSR count). The fourth-order valence-electron chi connectivity index (χ4n) is 2.57. The Labute approximate surface area is 163 Å². The van der Waals surface area contributed by atoms with Crippen LogP contribution in [0.3, 0.4) is 0 Å². The van der Waals surface area contributed by atoms with Crippen LogP contribution in [0.1, 0.15) is 41.3 Å². The van der Waals surface area contributed by atoms with E-state index in [1.807, 2.05) is 19.9 Å². The Bertz CT molecular complexity index is 828. The van der Waals surface area contributed by atoms with Gasteiger partial charge in [0.1, 0.15) is 6.61 Å². The number of ketones is 1. The lowest BCUT2D eigenvalue weighted by atomic mass is 10.0. The van der Waals surface area contributed by atoms with Crippen molar-refractivity contribution >= 4 is 23.8 Å². The van der Waals surface area contributed by atoms with Crippen molar-refractivity contribution < 1.29 is 28.7 Å². The van der Waals surface area contributed by atoms with Gasteiger partial charge in [-0.15, -0.1) is 0 Å². The number of aryl methyl sites for hydroxylation is 2. The first kappa shape index (κ1) is 21.1. The summed E-state index contributed by atoms with van der Waals surface area (Å²) in [6.07, 6.45) is -0.0843. The van der Waals surface area contributed by atoms with E-state index in [4.69, 9.17) is 9.47 Å². The van der Waals surface area contributed by atoms with Crippen molar-refractivity contribution in [2.45, 2.75) is 33.6 Å². The van der Waals surface area contributed by atoms with Crippen molar-refractivity contribution in [3.05, 3.63) is 46.2 Å². The third kappa shape index (κ3) is 5.67. The largest absolute Gasteiger partial charge is 0.463 e. The smallest absolute Gasteiger partial charge is 0.337 e. The highest BCUT2D eigenvalue weighted by Crippen LogP contribution is 2.13. The van der Waals surface area contributed by atoms with Gasteiger partial charge in [0.05, 0.1) is 30.8 Å². The van der Waals surface area contributed by atoms with Crippen molar-refractivity contribution in [3.8, 4) is 0 Å². The van der Waals surface area contributed by atoms with E-state index in [2.05, 4.69) is 10.6 Å². The lowest BCUT2D eigenvalue weighted by Crippen LogP contribution is -2.45. The molecule has 0 fully saturated rings. The summed E-state index contributed by atoms with van der Waals surface area (Å²) in [4.78, 5) is 47.6. The van der Waals surface area contributed by atoms with Crippen LogP contribution in [0.4, 0.5) is 4.79 Å². The van der Waals surface area contributed by atoms with Gasteiger partial charge in [0.15, 0.2) is 5.78 Å². The number of carbonyl (C=O) groups is 4. The first-order valence-corrected chi connectivity index (χ1v) is 9.02. The highest BCUT2D eigenvalue weighted by atomic mass is 16.5. The van der Waals surface area contributed by atoms with Gasteiger partial charge >= 0.3 is 18.0 Å². The molecule has 0 radical (unpaired) electrons. The lowest BCUT2D eigenvalue weighted by Gasteiger charge is -2.21. The van der Waals surface area contributed by atoms with Crippen molar-refractivity contribution in [1.29, 1.82) is 0 Å². The van der Waals surface area contributed by atoms with Gasteiger partial charge in [0.2, 0.25) is 0 Å². The van der Waals surface area contributed by atoms with E-state index < -0.39 is 18.0 Å². The van der Waals surface area contributed by atoms with Crippen LogP contribution >= 0.6 is 0 Å². The van der Waals surface area contributed by atoms with Crippen LogP contribution in [0.2, 0.25) is 0 Å². The summed E-state index contributed by atoms with van der Waals surface area (Å²) in [7, 11) is 0. The number of hydrogen-bond donors (Lipinski definition) is 2. The number of benzene rings is 1. The SMILES string of the molecule is CCOC(=O)C1=C(COC(=O)CCC(=O)c2ccc(C)c(C)c2)NC(=O)NC1. The van der Waals surface area contributed by atoms with Crippen LogP contribution in [-0.2, 0) is 19.1 Å². The molecule has 0 aromatic heterocycles. The summed E-state index contributed by atoms with van der Waals surface area (Å²) in [6.45, 7) is 5.44. The van der Waals surface area contributed by atoms with Gasteiger partial charge in [-0.3, -0.25) is 9.59 Å². The minimum absolute atomic E-state index is 0.0111. The molecule has 0 aliphatic carbocycles. The summed E-state index contributed by atoms with van der Waals surface area (Å²) in [5, 5.41) is 4.91. The zero-order valence-corrected chi connectivity index (χ0v) is 16.2. The topological polar surface area (TPSA) is 111 Å². The molecule has 1 aliphatic heterocycles. The Kier molecular flexibility index (Phi) is 7.31. The minimum Gasteiger partial charge on any atom is -0.463 e. The first-order valence-electron chi connectivity index (χ1n) is 9.02. The molecule has 1 heterocycles. The predicted octanol–water partition coefficient (Wildman–Crippen LogP) is 1.94. The van der Waals surface area contributed by atoms with Crippen LogP contribution in [0.25, 0.3) is 0 Å². The molecular formula is C20H24N2O6. The van der Waals surface area contributed by atoms with Gasteiger partial charge in [0.25, 0.3) is 0 Å². The normalized spacial score (nSPS) is 13.5. The quantitative estimate of drug-likeness (QED) is 0.520. The highest BCUT2D eigenvalue weighted by Gasteiger charge is 2.24. The number of ether oxygens (including phenoxy) is 2. The standard InChI is InChI=1S/C20H24N2O6/c1-4-27-19(25)15-10-21-20(26)22-16(15)11-28-18(24)8-7-17(23)14-6-5-12(2)13(3)9-14/h5-6,9H,4,7-8,10-11H2,1-3H3,(H2,21,22,26). The van der Waals surface area contributed by atoms with Gasteiger partial charge < -0.3 is 20.1 Å². The van der Waals surface area contributed by atoms with Crippen LogP contribution in [0.15, 0.2) is 29.5 Å². The van der Waals surface area contributed by atoms with E-state index in [1.54, 1.807) is 19.1 Å². The second-order valence-electron chi connectivity index (χ2n) is 6.37. The van der Waals surface area contributed by atoms with Gasteiger partial charge in [-0.25, -0.2) is 9.59 Å². The maximum atomic E-state index is 12.2. The van der Waals surface area contributed by atoms with Crippen molar-refractivity contribution in [2.75, 3.05) is 19.8 Å². The Hall–Kier alpha value is -3.16. The fraction of sp³-hybridized carbons (Fsp3) is 0.400. The predicted molar refractivity (Wildman–Crippen MR) is 101 cm³/mol. The van der Waals surface area contributed by atoms with Crippen LogP contribution in [0, 0.1) is 13.8 Å². The van der Waals surface area contributed by atoms with E-state index in [-0.39, 0.29) is 49.7 Å². The maximum Gasteiger partial charge on any atom is 0.337 e. The average molecular weight is 388 g/mol. The Morgan fingerprint density at radius 3 is 2.50 bits per heavy atom. The molecule has 0 saturated carbocycles. The van der Waals surface area contributed by atoms with Gasteiger partial charge in [-0.05, 0) is 38.0 Å². The van der Waals surface area contributed by atoms with Crippen molar-refractivity contribution in [3.63, 3.8) is 0 Å². The van der Waals surface area contributed by atoms with Crippen LogP contribution in [-0.4, -0.2) is 43.5 Å². The Balaban J connectivity index is 1.91. The molecule has 28 heavy (non-hydrogen) atoms. The molecular weight excluding hydrogens is 364 g/mol. The molecule has 0 saturated heterocycles. The summed E-state index contributed by atoms with van der Waals surface area (Å²) in [6, 6.07) is 4.90. The number of urea groups is 1. The summed E-state index contributed by atoms with van der Waals surface area (Å²) in [5.74, 6) is -1.34. The van der Waals surface area contributed by atoms with E-state index in [0.717, 1.165) is 11.1 Å². The van der Waals surface area contributed by atoms with Gasteiger partial charge in [-0.2, -0.15) is 0 Å². The zero-order chi connectivity index (χ0) is 20.7. The lowest BCUT2D eigenvalue weighted by molar-refractivity contribution is -0.143. The number of hydrogen-bond acceptors (Lipinski definition) is 6. The number of carbonyl (C=O) groups excluding carboxylic acids is 4. The van der Waals surface area contributed by atoms with E-state index in [9.17, 15) is 19.2 Å². The summed E-state index contributed by atoms with van der Waals surface area (Å²) < 4.78 is 10.0. The van der Waals surface area contributed by atoms with E-state index in [0.29, 0.717) is 5.56 Å². The number of rotatable bonds is 8. The molecule has 1 aromatic rings. The summed E-state index contributed by atoms with van der Waals surface area (Å²) in [5.41, 5.74) is 3.02. The maximum absolute atomic E-state index is 12.2. The van der Waals surface area contributed by atoms with Crippen molar-refractivity contribution in [2.24, 2.45) is 0 Å². The molecule has 2 amide bonds. The Morgan fingerprint density at radius 2 is 1.82 bits per heavy atom. The number of Topliss-reactive ketones (excluding diaryl/α,β-unsaturated/α-hetero) is 1. The molecule has 0 atom stereocenters. The molecule has 8 nitrogen and oxygen atoms in total. The second-order valence-corrected chi connectivity index (χ2v) is 6.37.